The van der Waals surface area contributed by atoms with Crippen LogP contribution in [-0.2, 0) is 19.1 Å². The van der Waals surface area contributed by atoms with Crippen LogP contribution in [0.4, 0.5) is 5.69 Å². The first-order valence-corrected chi connectivity index (χ1v) is 8.02. The molecule has 0 unspecified atom stereocenters. The van der Waals surface area contributed by atoms with Crippen LogP contribution in [0.1, 0.15) is 13.8 Å². The van der Waals surface area contributed by atoms with Gasteiger partial charge in [0, 0.05) is 26.0 Å². The largest absolute Gasteiger partial charge is 0.463 e. The summed E-state index contributed by atoms with van der Waals surface area (Å²) in [7, 11) is 0. The number of rotatable bonds is 6. The van der Waals surface area contributed by atoms with Crippen molar-refractivity contribution in [2.75, 3.05) is 6.61 Å². The second kappa shape index (κ2) is 8.75. The van der Waals surface area contributed by atoms with Crippen molar-refractivity contribution in [3.63, 3.8) is 0 Å². The molecule has 0 aliphatic carbocycles. The number of aliphatic hydroxyl groups is 2. The summed E-state index contributed by atoms with van der Waals surface area (Å²) in [5.41, 5.74) is -0.147. The van der Waals surface area contributed by atoms with Gasteiger partial charge in [-0.25, -0.2) is 0 Å². The maximum Gasteiger partial charge on any atom is 0.303 e. The minimum atomic E-state index is -1.41. The van der Waals surface area contributed by atoms with Crippen LogP contribution in [0, 0.1) is 10.1 Å². The van der Waals surface area contributed by atoms with Gasteiger partial charge in [-0.2, -0.15) is 0 Å². The fourth-order valence-corrected chi connectivity index (χ4v) is 2.67. The summed E-state index contributed by atoms with van der Waals surface area (Å²) in [6, 6.07) is 4.00. The SMILES string of the molecule is CC(=O)N[C@H]1[C@H](Oc2ccc([N+](=O)[O-])cc2)O[C@H](CO)[C@@H](O)[C@@H]1OC(C)=O. The number of carbonyl (C=O) groups is 2. The van der Waals surface area contributed by atoms with E-state index in [-0.39, 0.29) is 11.4 Å². The molecule has 3 N–H and O–H groups in total. The van der Waals surface area contributed by atoms with Crippen molar-refractivity contribution >= 4 is 17.6 Å². The van der Waals surface area contributed by atoms with Crippen LogP contribution in [0.15, 0.2) is 24.3 Å². The first kappa shape index (κ1) is 20.6. The van der Waals surface area contributed by atoms with Gasteiger partial charge in [0.05, 0.1) is 11.5 Å². The van der Waals surface area contributed by atoms with E-state index in [2.05, 4.69) is 5.32 Å². The quantitative estimate of drug-likeness (QED) is 0.334. The summed E-state index contributed by atoms with van der Waals surface area (Å²) in [5, 5.41) is 32.9. The average Bonchev–Trinajstić information content (AvgIpc) is 2.60. The second-order valence-corrected chi connectivity index (χ2v) is 5.89. The van der Waals surface area contributed by atoms with Crippen LogP contribution in [0.3, 0.4) is 0 Å². The standard InChI is InChI=1S/C16H20N2O9/c1-8(20)17-13-15(25-9(2)21)14(22)12(7-19)27-16(13)26-11-5-3-10(4-6-11)18(23)24/h3-6,12-16,19,22H,7H2,1-2H3,(H,17,20)/t12-,13-,14-,15-,16-/m1/s1. The molecule has 27 heavy (non-hydrogen) atoms. The van der Waals surface area contributed by atoms with Crippen LogP contribution in [0.2, 0.25) is 0 Å². The van der Waals surface area contributed by atoms with E-state index >= 15 is 0 Å². The van der Waals surface area contributed by atoms with Crippen molar-refractivity contribution in [1.82, 2.24) is 5.32 Å². The third-order valence-corrected chi connectivity index (χ3v) is 3.83. The highest BCUT2D eigenvalue weighted by Crippen LogP contribution is 2.27. The molecule has 5 atom stereocenters. The molecule has 0 radical (unpaired) electrons. The Kier molecular flexibility index (Phi) is 6.66. The molecule has 1 aromatic carbocycles. The number of nitro groups is 1. The van der Waals surface area contributed by atoms with Gasteiger partial charge in [0.15, 0.2) is 6.10 Å². The van der Waals surface area contributed by atoms with Gasteiger partial charge in [-0.15, -0.1) is 0 Å². The Morgan fingerprint density at radius 2 is 1.93 bits per heavy atom. The number of hydrogen-bond donors (Lipinski definition) is 3. The molecule has 1 aromatic rings. The zero-order valence-corrected chi connectivity index (χ0v) is 14.6. The molecule has 0 aromatic heterocycles. The van der Waals surface area contributed by atoms with Crippen LogP contribution >= 0.6 is 0 Å². The summed E-state index contributed by atoms with van der Waals surface area (Å²) >= 11 is 0. The second-order valence-electron chi connectivity index (χ2n) is 5.89. The highest BCUT2D eigenvalue weighted by Gasteiger charge is 2.48. The number of hydrogen-bond acceptors (Lipinski definition) is 9. The zero-order valence-electron chi connectivity index (χ0n) is 14.6. The number of carbonyl (C=O) groups excluding carboxylic acids is 2. The molecule has 1 heterocycles. The lowest BCUT2D eigenvalue weighted by atomic mass is 9.96. The van der Waals surface area contributed by atoms with E-state index in [1.54, 1.807) is 0 Å². The van der Waals surface area contributed by atoms with E-state index in [1.165, 1.54) is 31.2 Å². The lowest BCUT2D eigenvalue weighted by Gasteiger charge is -2.43. The lowest BCUT2D eigenvalue weighted by Crippen LogP contribution is -2.66. The number of aliphatic hydroxyl groups excluding tert-OH is 2. The fraction of sp³-hybridized carbons (Fsp3) is 0.500. The number of esters is 1. The predicted molar refractivity (Wildman–Crippen MR) is 88.6 cm³/mol. The number of benzene rings is 1. The Morgan fingerprint density at radius 1 is 1.30 bits per heavy atom. The van der Waals surface area contributed by atoms with Crippen molar-refractivity contribution in [1.29, 1.82) is 0 Å². The van der Waals surface area contributed by atoms with Crippen molar-refractivity contribution in [3.05, 3.63) is 34.4 Å². The maximum absolute atomic E-state index is 11.5. The molecular weight excluding hydrogens is 364 g/mol. The van der Waals surface area contributed by atoms with Crippen molar-refractivity contribution < 1.29 is 38.9 Å². The Labute approximate surface area is 154 Å². The Morgan fingerprint density at radius 3 is 2.41 bits per heavy atom. The molecule has 11 heteroatoms. The van der Waals surface area contributed by atoms with Gasteiger partial charge in [0.2, 0.25) is 12.2 Å². The molecule has 0 spiro atoms. The van der Waals surface area contributed by atoms with Crippen LogP contribution in [-0.4, -0.2) is 64.3 Å². The third-order valence-electron chi connectivity index (χ3n) is 3.83. The minimum absolute atomic E-state index is 0.147. The van der Waals surface area contributed by atoms with E-state index in [9.17, 15) is 29.9 Å². The molecule has 148 valence electrons. The van der Waals surface area contributed by atoms with E-state index in [0.717, 1.165) is 6.92 Å². The van der Waals surface area contributed by atoms with Crippen molar-refractivity contribution in [2.24, 2.45) is 0 Å². The monoisotopic (exact) mass is 384 g/mol. The third kappa shape index (κ3) is 5.12. The molecule has 1 aliphatic rings. The first-order valence-electron chi connectivity index (χ1n) is 8.02. The molecule has 1 fully saturated rings. The summed E-state index contributed by atoms with van der Waals surface area (Å²) in [5.74, 6) is -1.02. The minimum Gasteiger partial charge on any atom is -0.463 e. The maximum atomic E-state index is 11.5. The Balaban J connectivity index is 2.29. The van der Waals surface area contributed by atoms with Gasteiger partial charge < -0.3 is 29.7 Å². The first-order chi connectivity index (χ1) is 12.7. The van der Waals surface area contributed by atoms with Gasteiger partial charge in [-0.05, 0) is 12.1 Å². The summed E-state index contributed by atoms with van der Waals surface area (Å²) in [6.45, 7) is 1.76. The van der Waals surface area contributed by atoms with Gasteiger partial charge in [-0.3, -0.25) is 19.7 Å². The van der Waals surface area contributed by atoms with Gasteiger partial charge in [0.25, 0.3) is 5.69 Å². The summed E-state index contributed by atoms with van der Waals surface area (Å²) in [4.78, 5) is 33.1. The summed E-state index contributed by atoms with van der Waals surface area (Å²) in [6.07, 6.45) is -5.02. The Bertz CT molecular complexity index is 694. The van der Waals surface area contributed by atoms with Crippen LogP contribution in [0.25, 0.3) is 0 Å². The van der Waals surface area contributed by atoms with Crippen LogP contribution in [0.5, 0.6) is 5.75 Å². The van der Waals surface area contributed by atoms with Crippen molar-refractivity contribution in [2.45, 2.75) is 44.5 Å². The van der Waals surface area contributed by atoms with E-state index in [4.69, 9.17) is 14.2 Å². The summed E-state index contributed by atoms with van der Waals surface area (Å²) < 4.78 is 16.2. The number of non-ortho nitro benzene ring substituents is 1. The molecule has 11 nitrogen and oxygen atoms in total. The smallest absolute Gasteiger partial charge is 0.303 e. The molecule has 1 aliphatic heterocycles. The van der Waals surface area contributed by atoms with E-state index in [1.807, 2.05) is 0 Å². The van der Waals surface area contributed by atoms with Crippen molar-refractivity contribution in [3.8, 4) is 5.75 Å². The van der Waals surface area contributed by atoms with Gasteiger partial charge >= 0.3 is 5.97 Å². The number of nitrogens with one attached hydrogen (secondary N) is 1. The van der Waals surface area contributed by atoms with Gasteiger partial charge in [0.1, 0.15) is 24.0 Å². The predicted octanol–water partition coefficient (Wildman–Crippen LogP) is -0.512. The normalized spacial score (nSPS) is 27.5. The molecule has 2 rings (SSSR count). The zero-order chi connectivity index (χ0) is 20.1. The highest BCUT2D eigenvalue weighted by atomic mass is 16.7. The number of ether oxygens (including phenoxy) is 3. The highest BCUT2D eigenvalue weighted by molar-refractivity contribution is 5.73. The fourth-order valence-electron chi connectivity index (χ4n) is 2.67. The number of nitro benzene ring substituents is 1. The van der Waals surface area contributed by atoms with E-state index < -0.39 is 54.1 Å². The van der Waals surface area contributed by atoms with Gasteiger partial charge in [-0.1, -0.05) is 0 Å². The Hall–Kier alpha value is -2.76. The number of amides is 1. The molecule has 0 saturated carbocycles. The lowest BCUT2D eigenvalue weighted by molar-refractivity contribution is -0.384. The number of nitrogens with zero attached hydrogens (tertiary/aromatic N) is 1. The van der Waals surface area contributed by atoms with Crippen LogP contribution < -0.4 is 10.1 Å². The molecule has 1 saturated heterocycles. The average molecular weight is 384 g/mol. The molecule has 0 bridgehead atoms. The van der Waals surface area contributed by atoms with E-state index in [0.29, 0.717) is 0 Å². The molecular formula is C16H20N2O9. The molecule has 1 amide bonds. The topological polar surface area (TPSA) is 157 Å².